The first-order chi connectivity index (χ1) is 30.4. The summed E-state index contributed by atoms with van der Waals surface area (Å²) in [5, 5.41) is 7.09. The maximum Gasteiger partial charge on any atom is 0.301 e. The van der Waals surface area contributed by atoms with Crippen LogP contribution in [0.25, 0.3) is 28.1 Å². The number of piperidine rings is 2. The number of nitrogens with one attached hydrogen (secondary N) is 2. The number of hydrogen-bond acceptors (Lipinski definition) is 9. The van der Waals surface area contributed by atoms with Gasteiger partial charge < -0.3 is 9.80 Å². The van der Waals surface area contributed by atoms with E-state index >= 15 is 13.2 Å². The summed E-state index contributed by atoms with van der Waals surface area (Å²) in [5.41, 5.74) is 2.46. The van der Waals surface area contributed by atoms with Crippen LogP contribution < -0.4 is 19.8 Å². The average molecular weight is 902 g/mol. The highest BCUT2D eigenvalue weighted by atomic mass is 35.5. The lowest BCUT2D eigenvalue weighted by Gasteiger charge is -2.40. The predicted molar refractivity (Wildman–Crippen MR) is 236 cm³/mol. The third-order valence-corrected chi connectivity index (χ3v) is 14.4. The predicted octanol–water partition coefficient (Wildman–Crippen LogP) is 6.98. The molecule has 3 aromatic carbocycles. The summed E-state index contributed by atoms with van der Waals surface area (Å²) < 4.78 is 79.5. The Bertz CT molecular complexity index is 2610. The molecule has 4 aliphatic rings. The summed E-state index contributed by atoms with van der Waals surface area (Å²) in [4.78, 5) is 34.5. The molecule has 0 unspecified atom stereocenters. The van der Waals surface area contributed by atoms with Crippen LogP contribution in [0, 0.1) is 23.4 Å². The highest BCUT2D eigenvalue weighted by molar-refractivity contribution is 7.90. The number of aromatic nitrogens is 3. The van der Waals surface area contributed by atoms with E-state index in [1.807, 2.05) is 17.0 Å². The fourth-order valence-corrected chi connectivity index (χ4v) is 10.7. The van der Waals surface area contributed by atoms with Crippen molar-refractivity contribution in [2.45, 2.75) is 44.4 Å². The van der Waals surface area contributed by atoms with Crippen molar-refractivity contribution >= 4 is 50.7 Å². The maximum absolute atomic E-state index is 16.4. The molecule has 2 amide bonds. The molecule has 0 saturated carbocycles. The monoisotopic (exact) mass is 901 g/mol. The zero-order valence-electron chi connectivity index (χ0n) is 34.5. The molecule has 4 fully saturated rings. The molecular weight excluding hydrogens is 855 g/mol. The van der Waals surface area contributed by atoms with Gasteiger partial charge in [-0.15, -0.1) is 0 Å². The van der Waals surface area contributed by atoms with Crippen LogP contribution in [0.4, 0.5) is 30.2 Å². The second kappa shape index (κ2) is 17.9. The molecule has 5 aromatic rings. The van der Waals surface area contributed by atoms with E-state index in [-0.39, 0.29) is 56.6 Å². The lowest BCUT2D eigenvalue weighted by molar-refractivity contribution is -0.134. The zero-order valence-corrected chi connectivity index (χ0v) is 36.0. The van der Waals surface area contributed by atoms with E-state index in [0.717, 1.165) is 54.5 Å². The van der Waals surface area contributed by atoms with Gasteiger partial charge in [0.15, 0.2) is 11.6 Å². The minimum absolute atomic E-state index is 0.0544. The summed E-state index contributed by atoms with van der Waals surface area (Å²) in [5.74, 6) is -2.51. The Hall–Kier alpha value is -5.49. The van der Waals surface area contributed by atoms with Crippen molar-refractivity contribution in [1.29, 1.82) is 0 Å². The highest BCUT2D eigenvalue weighted by Crippen LogP contribution is 2.39. The largest absolute Gasteiger partial charge is 0.372 e. The van der Waals surface area contributed by atoms with Crippen molar-refractivity contribution in [2.24, 2.45) is 5.92 Å². The second-order valence-corrected chi connectivity index (χ2v) is 18.8. The van der Waals surface area contributed by atoms with Gasteiger partial charge in [0, 0.05) is 123 Å². The molecule has 2 N–H and O–H groups in total. The molecule has 0 bridgehead atoms. The number of nitrogens with zero attached hydrogens (tertiary/aromatic N) is 7. The van der Waals surface area contributed by atoms with E-state index < -0.39 is 27.7 Å². The highest BCUT2D eigenvalue weighted by Gasteiger charge is 2.31. The minimum Gasteiger partial charge on any atom is -0.372 e. The Kier molecular flexibility index (Phi) is 12.2. The SMILES string of the molecule is O=C1CC[C@H](c2ccc(N3CCC(CN4CCN(c5cc(F)c(-n6cc(-c7cc(Cl)cc(NS(=O)(=O)N8CCCC8)c7F)c(-c7ccncc7)n6)cc5F)CC4)CC3)cc2)C(=O)N1. The first kappa shape index (κ1) is 42.8. The van der Waals surface area contributed by atoms with Gasteiger partial charge in [-0.2, -0.15) is 17.8 Å². The normalized spacial score (nSPS) is 19.5. The number of carbonyl (C=O) groups excluding carboxylic acids is 2. The van der Waals surface area contributed by atoms with Gasteiger partial charge >= 0.3 is 10.2 Å². The van der Waals surface area contributed by atoms with E-state index in [1.54, 1.807) is 12.1 Å². The third kappa shape index (κ3) is 9.14. The molecular formula is C45H47ClF3N9O4S. The number of amides is 2. The van der Waals surface area contributed by atoms with Crippen molar-refractivity contribution < 1.29 is 31.2 Å². The molecule has 0 radical (unpaired) electrons. The summed E-state index contributed by atoms with van der Waals surface area (Å²) in [6, 6.07) is 16.2. The van der Waals surface area contributed by atoms with Crippen LogP contribution in [-0.4, -0.2) is 103 Å². The van der Waals surface area contributed by atoms with Crippen LogP contribution in [0.1, 0.15) is 50.0 Å². The molecule has 1 atom stereocenters. The van der Waals surface area contributed by atoms with E-state index in [4.69, 9.17) is 11.6 Å². The van der Waals surface area contributed by atoms with E-state index in [1.165, 1.54) is 41.1 Å². The molecule has 4 saturated heterocycles. The van der Waals surface area contributed by atoms with E-state index in [9.17, 15) is 18.0 Å². The standard InChI is InChI=1S/C45H47ClF3N9O4S/c46-32-23-35(43(49)39(24-32)53-63(61,62)57-15-1-2-16-57)36-28-58(52-44(36)31-9-13-50-14-10-31)41-26-37(47)40(25-38(41)48)56-21-19-54(20-22-56)27-29-11-17-55(18-12-29)33-5-3-30(4-6-33)34-7-8-42(59)51-45(34)60/h3-6,9-10,13-14,23-26,28-29,34,53H,1-2,7-8,11-12,15-22,27H2,(H,51,59,60)/t34-/m1/s1. The summed E-state index contributed by atoms with van der Waals surface area (Å²) in [6.45, 7) is 5.82. The van der Waals surface area contributed by atoms with Crippen molar-refractivity contribution in [1.82, 2.24) is 29.3 Å². The van der Waals surface area contributed by atoms with Crippen molar-refractivity contribution in [3.63, 3.8) is 0 Å². The van der Waals surface area contributed by atoms with Gasteiger partial charge in [-0.1, -0.05) is 23.7 Å². The Balaban J connectivity index is 0.857. The van der Waals surface area contributed by atoms with Crippen molar-refractivity contribution in [3.8, 4) is 28.1 Å². The number of anilines is 3. The van der Waals surface area contributed by atoms with Crippen LogP contribution >= 0.6 is 11.6 Å². The second-order valence-electron chi connectivity index (χ2n) is 16.7. The lowest BCUT2D eigenvalue weighted by Crippen LogP contribution is -2.49. The fraction of sp³-hybridized carbons (Fsp3) is 0.378. The molecule has 4 aliphatic heterocycles. The van der Waals surface area contributed by atoms with Crippen LogP contribution in [-0.2, 0) is 19.8 Å². The van der Waals surface area contributed by atoms with Gasteiger partial charge in [-0.3, -0.25) is 29.5 Å². The number of hydrogen-bond donors (Lipinski definition) is 2. The van der Waals surface area contributed by atoms with Crippen molar-refractivity contribution in [3.05, 3.63) is 107 Å². The van der Waals surface area contributed by atoms with E-state index in [0.29, 0.717) is 76.4 Å². The summed E-state index contributed by atoms with van der Waals surface area (Å²) >= 11 is 6.45. The molecule has 0 spiro atoms. The van der Waals surface area contributed by atoms with Crippen LogP contribution in [0.3, 0.4) is 0 Å². The summed E-state index contributed by atoms with van der Waals surface area (Å²) in [6.07, 6.45) is 8.75. The van der Waals surface area contributed by atoms with Gasteiger partial charge in [0.05, 0.1) is 17.3 Å². The number of halogens is 4. The smallest absolute Gasteiger partial charge is 0.301 e. The molecule has 9 rings (SSSR count). The number of pyridine rings is 1. The van der Waals surface area contributed by atoms with Gasteiger partial charge in [0.1, 0.15) is 17.2 Å². The Morgan fingerprint density at radius 1 is 0.778 bits per heavy atom. The topological polar surface area (TPSA) is 136 Å². The first-order valence-corrected chi connectivity index (χ1v) is 23.1. The Labute approximate surface area is 369 Å². The molecule has 6 heterocycles. The first-order valence-electron chi connectivity index (χ1n) is 21.3. The quantitative estimate of drug-likeness (QED) is 0.135. The summed E-state index contributed by atoms with van der Waals surface area (Å²) in [7, 11) is -4.06. The fourth-order valence-electron chi connectivity index (χ4n) is 9.19. The van der Waals surface area contributed by atoms with Gasteiger partial charge in [0.25, 0.3) is 0 Å². The number of benzene rings is 3. The Morgan fingerprint density at radius 3 is 2.16 bits per heavy atom. The van der Waals surface area contributed by atoms with Gasteiger partial charge in [-0.25, -0.2) is 17.9 Å². The molecule has 0 aliphatic carbocycles. The third-order valence-electron chi connectivity index (χ3n) is 12.6. The average Bonchev–Trinajstić information content (AvgIpc) is 3.99. The van der Waals surface area contributed by atoms with Crippen molar-refractivity contribution in [2.75, 3.05) is 73.4 Å². The number of rotatable bonds is 11. The van der Waals surface area contributed by atoms with Crippen LogP contribution in [0.15, 0.2) is 79.3 Å². The minimum atomic E-state index is -4.06. The van der Waals surface area contributed by atoms with E-state index in [2.05, 4.69) is 42.1 Å². The zero-order chi connectivity index (χ0) is 43.8. The molecule has 18 heteroatoms. The number of piperazine rings is 1. The maximum atomic E-state index is 16.4. The molecule has 13 nitrogen and oxygen atoms in total. The molecule has 63 heavy (non-hydrogen) atoms. The molecule has 2 aromatic heterocycles. The number of carbonyl (C=O) groups is 2. The van der Waals surface area contributed by atoms with Gasteiger partial charge in [0.2, 0.25) is 11.8 Å². The Morgan fingerprint density at radius 2 is 1.46 bits per heavy atom. The van der Waals surface area contributed by atoms with Gasteiger partial charge in [-0.05, 0) is 80.0 Å². The van der Waals surface area contributed by atoms with Crippen LogP contribution in [0.2, 0.25) is 5.02 Å². The van der Waals surface area contributed by atoms with Crippen LogP contribution in [0.5, 0.6) is 0 Å². The lowest BCUT2D eigenvalue weighted by atomic mass is 9.90. The molecule has 330 valence electrons. The number of imide groups is 1.